The Morgan fingerprint density at radius 1 is 0.806 bits per heavy atom. The molecule has 3 heteroatoms. The monoisotopic (exact) mass is 518 g/mol. The molecule has 0 radical (unpaired) electrons. The van der Waals surface area contributed by atoms with Crippen molar-refractivity contribution in [2.75, 3.05) is 7.11 Å². The van der Waals surface area contributed by atoms with Crippen LogP contribution in [0.15, 0.2) is 91.0 Å². The molecule has 0 saturated heterocycles. The summed E-state index contributed by atoms with van der Waals surface area (Å²) in [6.07, 6.45) is 3.53. The molecule has 5 rings (SSSR count). The van der Waals surface area contributed by atoms with Crippen molar-refractivity contribution >= 4 is 35.1 Å². The van der Waals surface area contributed by atoms with Crippen molar-refractivity contribution < 1.29 is 9.53 Å². The van der Waals surface area contributed by atoms with Crippen LogP contribution in [0, 0.1) is 17.3 Å². The number of hydrogen-bond donors (Lipinski definition) is 0. The average Bonchev–Trinajstić information content (AvgIpc) is 3.43. The maximum atomic E-state index is 13.5. The summed E-state index contributed by atoms with van der Waals surface area (Å²) in [6.45, 7) is 2.23. The van der Waals surface area contributed by atoms with E-state index >= 15 is 0 Å². The van der Waals surface area contributed by atoms with Gasteiger partial charge >= 0.3 is 190 Å². The van der Waals surface area contributed by atoms with Gasteiger partial charge in [-0.15, -0.1) is 0 Å². The number of ether oxygens (including phenoxy) is 1. The third-order valence-corrected chi connectivity index (χ3v) is 24.6. The fourth-order valence-corrected chi connectivity index (χ4v) is 25.6. The van der Waals surface area contributed by atoms with Gasteiger partial charge in [-0.2, -0.15) is 0 Å². The van der Waals surface area contributed by atoms with Gasteiger partial charge < -0.3 is 0 Å². The second-order valence-electron chi connectivity index (χ2n) is 9.43. The van der Waals surface area contributed by atoms with Crippen molar-refractivity contribution in [3.63, 3.8) is 0 Å². The second-order valence-corrected chi connectivity index (χ2v) is 20.8. The van der Waals surface area contributed by atoms with E-state index in [1.807, 2.05) is 0 Å². The molecule has 2 aliphatic rings. The van der Waals surface area contributed by atoms with Crippen LogP contribution in [0.4, 0.5) is 0 Å². The van der Waals surface area contributed by atoms with Crippen molar-refractivity contribution in [2.45, 2.75) is 30.1 Å². The summed E-state index contributed by atoms with van der Waals surface area (Å²) in [4.78, 5) is 13.5. The normalized spacial score (nSPS) is 27.2. The van der Waals surface area contributed by atoms with E-state index in [-0.39, 0.29) is 5.97 Å². The molecular formula is C28H30O2Sn. The van der Waals surface area contributed by atoms with Gasteiger partial charge in [-0.25, -0.2) is 0 Å². The van der Waals surface area contributed by atoms with Gasteiger partial charge in [0.25, 0.3) is 0 Å². The van der Waals surface area contributed by atoms with Crippen LogP contribution in [-0.4, -0.2) is 31.5 Å². The van der Waals surface area contributed by atoms with Crippen LogP contribution in [0.2, 0.25) is 3.93 Å². The predicted octanol–water partition coefficient (Wildman–Crippen LogP) is 4.14. The Bertz CT molecular complexity index is 953. The number of benzene rings is 3. The number of hydrogen-bond acceptors (Lipinski definition) is 2. The molecule has 0 N–H and O–H groups in total. The molecule has 0 unspecified atom stereocenters. The fourth-order valence-electron chi connectivity index (χ4n) is 7.07. The van der Waals surface area contributed by atoms with E-state index < -0.39 is 23.8 Å². The zero-order valence-corrected chi connectivity index (χ0v) is 21.2. The minimum absolute atomic E-state index is 0.00596. The minimum atomic E-state index is -3.65. The van der Waals surface area contributed by atoms with Crippen LogP contribution < -0.4 is 10.7 Å². The van der Waals surface area contributed by atoms with Gasteiger partial charge in [0.2, 0.25) is 0 Å². The SMILES string of the molecule is COC(=O)[C@@]1(C)[C@@H]2CC[C@@H](C2)[C@H]1[Sn]([c]1ccccc1)([c]1ccccc1)[c]1ccccc1. The second kappa shape index (κ2) is 8.12. The van der Waals surface area contributed by atoms with Crippen molar-refractivity contribution in [1.29, 1.82) is 0 Å². The molecule has 2 bridgehead atoms. The van der Waals surface area contributed by atoms with Crippen LogP contribution in [0.3, 0.4) is 0 Å². The molecule has 4 atom stereocenters. The number of rotatable bonds is 5. The zero-order chi connectivity index (χ0) is 21.5. The van der Waals surface area contributed by atoms with Gasteiger partial charge in [0.15, 0.2) is 0 Å². The Morgan fingerprint density at radius 3 is 1.68 bits per heavy atom. The molecule has 0 heterocycles. The number of esters is 1. The molecule has 2 saturated carbocycles. The molecule has 0 amide bonds. The average molecular weight is 517 g/mol. The third kappa shape index (κ3) is 3.01. The maximum absolute atomic E-state index is 13.5. The first-order valence-corrected chi connectivity index (χ1v) is 17.3. The van der Waals surface area contributed by atoms with Crippen LogP contribution in [0.25, 0.3) is 0 Å². The summed E-state index contributed by atoms with van der Waals surface area (Å²) in [6, 6.07) is 33.4. The molecule has 3 aromatic rings. The Morgan fingerprint density at radius 2 is 1.26 bits per heavy atom. The van der Waals surface area contributed by atoms with E-state index in [4.69, 9.17) is 4.74 Å². The zero-order valence-electron chi connectivity index (χ0n) is 18.3. The van der Waals surface area contributed by atoms with Gasteiger partial charge in [0.05, 0.1) is 0 Å². The van der Waals surface area contributed by atoms with Gasteiger partial charge in [-0.3, -0.25) is 0 Å². The molecule has 0 aliphatic heterocycles. The Balaban J connectivity index is 1.88. The Hall–Kier alpha value is -2.07. The molecule has 0 aromatic heterocycles. The molecule has 2 nitrogen and oxygen atoms in total. The van der Waals surface area contributed by atoms with Crippen LogP contribution in [0.1, 0.15) is 26.2 Å². The molecule has 3 aromatic carbocycles. The van der Waals surface area contributed by atoms with E-state index in [0.29, 0.717) is 15.8 Å². The van der Waals surface area contributed by atoms with E-state index in [2.05, 4.69) is 97.9 Å². The first-order chi connectivity index (χ1) is 15.1. The van der Waals surface area contributed by atoms with Crippen molar-refractivity contribution in [2.24, 2.45) is 17.3 Å². The summed E-state index contributed by atoms with van der Waals surface area (Å²) in [5.41, 5.74) is -0.435. The molecule has 0 spiro atoms. The van der Waals surface area contributed by atoms with Crippen LogP contribution >= 0.6 is 0 Å². The first kappa shape index (κ1) is 20.8. The molecule has 2 aliphatic carbocycles. The summed E-state index contributed by atoms with van der Waals surface area (Å²) in [5, 5.41) is 0. The predicted molar refractivity (Wildman–Crippen MR) is 129 cm³/mol. The molecule has 31 heavy (non-hydrogen) atoms. The van der Waals surface area contributed by atoms with Gasteiger partial charge in [-0.05, 0) is 0 Å². The number of carbonyl (C=O) groups is 1. The molecule has 158 valence electrons. The Labute approximate surface area is 189 Å². The van der Waals surface area contributed by atoms with Gasteiger partial charge in [0.1, 0.15) is 0 Å². The number of methoxy groups -OCH3 is 1. The van der Waals surface area contributed by atoms with Crippen molar-refractivity contribution in [1.82, 2.24) is 0 Å². The number of carbonyl (C=O) groups excluding carboxylic acids is 1. The van der Waals surface area contributed by atoms with Crippen molar-refractivity contribution in [3.8, 4) is 0 Å². The topological polar surface area (TPSA) is 26.3 Å². The summed E-state index contributed by atoms with van der Waals surface area (Å²) in [5.74, 6) is 0.987. The molecular weight excluding hydrogens is 487 g/mol. The van der Waals surface area contributed by atoms with Crippen LogP contribution in [0.5, 0.6) is 0 Å². The summed E-state index contributed by atoms with van der Waals surface area (Å²) in [7, 11) is 1.57. The Kier molecular flexibility index (Phi) is 5.45. The quantitative estimate of drug-likeness (QED) is 0.376. The standard InChI is InChI=1S/C10H15O2.3C6H5.Sn/c1-10(9(11)12-2)6-7-3-4-8(10)5-7;3*1-2-4-6-5-3-1;/h6-8H,3-5H2,1-2H3;3*1-5H;/t7-,8+,10+;;;;/m0..../s1. The third-order valence-electron chi connectivity index (χ3n) is 8.22. The first-order valence-electron chi connectivity index (χ1n) is 11.4. The summed E-state index contributed by atoms with van der Waals surface area (Å²) < 4.78 is 10.2. The van der Waals surface area contributed by atoms with Gasteiger partial charge in [0, 0.05) is 0 Å². The van der Waals surface area contributed by atoms with E-state index in [1.165, 1.54) is 17.2 Å². The van der Waals surface area contributed by atoms with Crippen molar-refractivity contribution in [3.05, 3.63) is 91.0 Å². The molecule has 2 fully saturated rings. The fraction of sp³-hybridized carbons (Fsp3) is 0.321. The van der Waals surface area contributed by atoms with Crippen LogP contribution in [-0.2, 0) is 9.53 Å². The summed E-state index contributed by atoms with van der Waals surface area (Å²) >= 11 is -3.65. The van der Waals surface area contributed by atoms with E-state index in [1.54, 1.807) is 7.11 Å². The van der Waals surface area contributed by atoms with E-state index in [0.717, 1.165) is 12.8 Å². The number of fused-ring (bicyclic) bond motifs is 2. The van der Waals surface area contributed by atoms with E-state index in [9.17, 15) is 4.79 Å². The van der Waals surface area contributed by atoms with Gasteiger partial charge in [-0.1, -0.05) is 0 Å².